The van der Waals surface area contributed by atoms with Gasteiger partial charge in [0.1, 0.15) is 5.82 Å². The summed E-state index contributed by atoms with van der Waals surface area (Å²) in [5, 5.41) is 3.76. The monoisotopic (exact) mass is 268 g/mol. The number of nitrogens with one attached hydrogen (secondary N) is 1. The summed E-state index contributed by atoms with van der Waals surface area (Å²) in [6.45, 7) is 5.88. The molecule has 1 N–H and O–H groups in total. The summed E-state index contributed by atoms with van der Waals surface area (Å²) < 4.78 is 13.8. The number of hydrogen-bond donors (Lipinski definition) is 1. The normalized spacial score (nSPS) is 21.2. The molecule has 2 rings (SSSR count). The second-order valence-corrected chi connectivity index (χ2v) is 6.42. The summed E-state index contributed by atoms with van der Waals surface area (Å²) in [5.41, 5.74) is 1.97. The third-order valence-corrected chi connectivity index (χ3v) is 4.35. The first kappa shape index (κ1) is 13.8. The van der Waals surface area contributed by atoms with Gasteiger partial charge in [0, 0.05) is 42.7 Å². The third-order valence-electron chi connectivity index (χ3n) is 3.21. The average molecular weight is 268 g/mol. The highest BCUT2D eigenvalue weighted by Crippen LogP contribution is 2.21. The maximum atomic E-state index is 13.8. The van der Waals surface area contributed by atoms with Crippen molar-refractivity contribution < 1.29 is 4.39 Å². The minimum atomic E-state index is -0.0827. The lowest BCUT2D eigenvalue weighted by Crippen LogP contribution is -2.36. The second kappa shape index (κ2) is 6.55. The van der Waals surface area contributed by atoms with Crippen LogP contribution in [0.25, 0.3) is 0 Å². The molecule has 1 aliphatic heterocycles. The van der Waals surface area contributed by atoms with Gasteiger partial charge in [0.2, 0.25) is 0 Å². The smallest absolute Gasteiger partial charge is 0.127 e. The SMILES string of the molecule is CNCc1ccc(F)c(CN2CCSC(C)C2)c1. The molecule has 1 unspecified atom stereocenters. The lowest BCUT2D eigenvalue weighted by Gasteiger charge is -2.30. The Morgan fingerprint density at radius 3 is 3.06 bits per heavy atom. The van der Waals surface area contributed by atoms with Crippen molar-refractivity contribution in [1.82, 2.24) is 10.2 Å². The summed E-state index contributed by atoms with van der Waals surface area (Å²) in [7, 11) is 1.91. The molecule has 2 nitrogen and oxygen atoms in total. The molecule has 1 aromatic carbocycles. The number of thioether (sulfide) groups is 1. The van der Waals surface area contributed by atoms with E-state index in [0.29, 0.717) is 5.25 Å². The van der Waals surface area contributed by atoms with Gasteiger partial charge < -0.3 is 5.32 Å². The summed E-state index contributed by atoms with van der Waals surface area (Å²) in [5.74, 6) is 1.07. The highest BCUT2D eigenvalue weighted by molar-refractivity contribution is 7.99. The molecule has 0 amide bonds. The van der Waals surface area contributed by atoms with Crippen molar-refractivity contribution in [3.05, 3.63) is 35.1 Å². The predicted octanol–water partition coefficient (Wildman–Crippen LogP) is 2.48. The molecule has 0 radical (unpaired) electrons. The fraction of sp³-hybridized carbons (Fsp3) is 0.571. The predicted molar refractivity (Wildman–Crippen MR) is 76.4 cm³/mol. The fourth-order valence-corrected chi connectivity index (χ4v) is 3.42. The van der Waals surface area contributed by atoms with E-state index in [0.717, 1.165) is 43.1 Å². The molecule has 1 atom stereocenters. The van der Waals surface area contributed by atoms with Crippen molar-refractivity contribution in [1.29, 1.82) is 0 Å². The highest BCUT2D eigenvalue weighted by Gasteiger charge is 2.17. The molecule has 0 spiro atoms. The van der Waals surface area contributed by atoms with E-state index in [1.807, 2.05) is 30.9 Å². The summed E-state index contributed by atoms with van der Waals surface area (Å²) in [6, 6.07) is 5.42. The van der Waals surface area contributed by atoms with Gasteiger partial charge in [-0.2, -0.15) is 11.8 Å². The van der Waals surface area contributed by atoms with Gasteiger partial charge in [-0.25, -0.2) is 4.39 Å². The van der Waals surface area contributed by atoms with Crippen LogP contribution in [0.15, 0.2) is 18.2 Å². The van der Waals surface area contributed by atoms with Gasteiger partial charge in [0.25, 0.3) is 0 Å². The Bertz CT molecular complexity index is 397. The van der Waals surface area contributed by atoms with E-state index in [-0.39, 0.29) is 5.82 Å². The van der Waals surface area contributed by atoms with Crippen LogP contribution in [0.5, 0.6) is 0 Å². The van der Waals surface area contributed by atoms with Crippen molar-refractivity contribution >= 4 is 11.8 Å². The lowest BCUT2D eigenvalue weighted by atomic mass is 10.1. The molecule has 0 aromatic heterocycles. The maximum absolute atomic E-state index is 13.8. The Morgan fingerprint density at radius 1 is 1.50 bits per heavy atom. The van der Waals surface area contributed by atoms with Gasteiger partial charge >= 0.3 is 0 Å². The van der Waals surface area contributed by atoms with Crippen LogP contribution in [0.1, 0.15) is 18.1 Å². The molecule has 1 saturated heterocycles. The van der Waals surface area contributed by atoms with Crippen LogP contribution in [0, 0.1) is 5.82 Å². The van der Waals surface area contributed by atoms with E-state index >= 15 is 0 Å². The highest BCUT2D eigenvalue weighted by atomic mass is 32.2. The van der Waals surface area contributed by atoms with E-state index in [9.17, 15) is 4.39 Å². The van der Waals surface area contributed by atoms with Crippen molar-refractivity contribution in [3.63, 3.8) is 0 Å². The Hall–Kier alpha value is -0.580. The molecule has 1 heterocycles. The van der Waals surface area contributed by atoms with Gasteiger partial charge in [-0.1, -0.05) is 19.1 Å². The molecular formula is C14H21FN2S. The summed E-state index contributed by atoms with van der Waals surface area (Å²) in [4.78, 5) is 2.35. The molecule has 4 heteroatoms. The molecule has 0 saturated carbocycles. The fourth-order valence-electron chi connectivity index (χ4n) is 2.34. The number of nitrogens with zero attached hydrogens (tertiary/aromatic N) is 1. The van der Waals surface area contributed by atoms with Crippen LogP contribution < -0.4 is 5.32 Å². The molecule has 0 bridgehead atoms. The molecule has 100 valence electrons. The Labute approximate surface area is 113 Å². The molecular weight excluding hydrogens is 247 g/mol. The quantitative estimate of drug-likeness (QED) is 0.903. The maximum Gasteiger partial charge on any atom is 0.127 e. The Kier molecular flexibility index (Phi) is 5.03. The Balaban J connectivity index is 2.05. The lowest BCUT2D eigenvalue weighted by molar-refractivity contribution is 0.274. The molecule has 1 aromatic rings. The minimum absolute atomic E-state index is 0.0827. The van der Waals surface area contributed by atoms with Crippen molar-refractivity contribution in [2.75, 3.05) is 25.9 Å². The first-order valence-electron chi connectivity index (χ1n) is 6.45. The first-order chi connectivity index (χ1) is 8.69. The zero-order valence-electron chi connectivity index (χ0n) is 11.1. The molecule has 1 aliphatic rings. The largest absolute Gasteiger partial charge is 0.316 e. The van der Waals surface area contributed by atoms with Gasteiger partial charge in [-0.05, 0) is 18.7 Å². The molecule has 18 heavy (non-hydrogen) atoms. The average Bonchev–Trinajstić information content (AvgIpc) is 2.34. The Morgan fingerprint density at radius 2 is 2.33 bits per heavy atom. The zero-order valence-corrected chi connectivity index (χ0v) is 11.9. The standard InChI is InChI=1S/C14H21FN2S/c1-11-9-17(5-6-18-11)10-13-7-12(8-16-2)3-4-14(13)15/h3-4,7,11,16H,5-6,8-10H2,1-2H3. The van der Waals surface area contributed by atoms with Crippen LogP contribution >= 0.6 is 11.8 Å². The van der Waals surface area contributed by atoms with Crippen LogP contribution in [-0.4, -0.2) is 36.0 Å². The molecule has 0 aliphatic carbocycles. The van der Waals surface area contributed by atoms with E-state index in [1.54, 1.807) is 6.07 Å². The second-order valence-electron chi connectivity index (χ2n) is 4.87. The van der Waals surface area contributed by atoms with Gasteiger partial charge in [0.15, 0.2) is 0 Å². The van der Waals surface area contributed by atoms with Crippen LogP contribution in [-0.2, 0) is 13.1 Å². The number of hydrogen-bond acceptors (Lipinski definition) is 3. The van der Waals surface area contributed by atoms with Crippen molar-refractivity contribution in [2.24, 2.45) is 0 Å². The number of rotatable bonds is 4. The number of halogens is 1. The summed E-state index contributed by atoms with van der Waals surface area (Å²) >= 11 is 2.00. The van der Waals surface area contributed by atoms with Crippen LogP contribution in [0.2, 0.25) is 0 Å². The van der Waals surface area contributed by atoms with E-state index in [1.165, 1.54) is 0 Å². The van der Waals surface area contributed by atoms with Crippen molar-refractivity contribution in [2.45, 2.75) is 25.3 Å². The van der Waals surface area contributed by atoms with Gasteiger partial charge in [-0.15, -0.1) is 0 Å². The first-order valence-corrected chi connectivity index (χ1v) is 7.50. The third kappa shape index (κ3) is 3.70. The topological polar surface area (TPSA) is 15.3 Å². The summed E-state index contributed by atoms with van der Waals surface area (Å²) in [6.07, 6.45) is 0. The van der Waals surface area contributed by atoms with Crippen molar-refractivity contribution in [3.8, 4) is 0 Å². The van der Waals surface area contributed by atoms with E-state index < -0.39 is 0 Å². The minimum Gasteiger partial charge on any atom is -0.316 e. The molecule has 1 fully saturated rings. The van der Waals surface area contributed by atoms with E-state index in [4.69, 9.17) is 0 Å². The van der Waals surface area contributed by atoms with E-state index in [2.05, 4.69) is 17.1 Å². The van der Waals surface area contributed by atoms with Crippen LogP contribution in [0.4, 0.5) is 4.39 Å². The van der Waals surface area contributed by atoms with Gasteiger partial charge in [-0.3, -0.25) is 4.90 Å². The zero-order chi connectivity index (χ0) is 13.0. The van der Waals surface area contributed by atoms with Gasteiger partial charge in [0.05, 0.1) is 0 Å². The number of benzene rings is 1. The van der Waals surface area contributed by atoms with Crippen LogP contribution in [0.3, 0.4) is 0 Å².